The number of nitrogens with two attached hydrogens (primary N) is 1. The van der Waals surface area contributed by atoms with Crippen LogP contribution in [0.1, 0.15) is 62.2 Å². The molecule has 1 heterocycles. The van der Waals surface area contributed by atoms with Gasteiger partial charge in [0.15, 0.2) is 0 Å². The van der Waals surface area contributed by atoms with Gasteiger partial charge in [-0.15, -0.1) is 0 Å². The van der Waals surface area contributed by atoms with Crippen LogP contribution in [0.25, 0.3) is 0 Å². The first-order valence-electron chi connectivity index (χ1n) is 9.45. The van der Waals surface area contributed by atoms with E-state index in [0.717, 1.165) is 44.5 Å². The van der Waals surface area contributed by atoms with Gasteiger partial charge in [-0.25, -0.2) is 0 Å². The molecule has 0 aromatic heterocycles. The minimum absolute atomic E-state index is 0.0896. The van der Waals surface area contributed by atoms with Crippen LogP contribution in [0.3, 0.4) is 0 Å². The molecular weight excluding hydrogens is 300 g/mol. The molecule has 0 bridgehead atoms. The Morgan fingerprint density at radius 1 is 1.17 bits per heavy atom. The van der Waals surface area contributed by atoms with Gasteiger partial charge in [-0.1, -0.05) is 18.6 Å². The third-order valence-corrected chi connectivity index (χ3v) is 5.45. The molecule has 2 N–H and O–H groups in total. The molecule has 2 fully saturated rings. The number of rotatable bonds is 4. The van der Waals surface area contributed by atoms with E-state index in [-0.39, 0.29) is 18.1 Å². The zero-order valence-electron chi connectivity index (χ0n) is 14.7. The van der Waals surface area contributed by atoms with E-state index >= 15 is 0 Å². The molecule has 1 aliphatic carbocycles. The molecule has 3 rings (SSSR count). The molecule has 1 saturated carbocycles. The maximum absolute atomic E-state index is 13.0. The standard InChI is InChI=1S/C20H30N2O2/c1-15(21)16-8-7-13-22(14-16)20(23)18-11-5-6-12-19(18)24-17-9-3-2-4-10-17/h5-6,11-12,15-17H,2-4,7-10,13-14,21H2,1H3/t15-,16-/m0/s1. The monoisotopic (exact) mass is 330 g/mol. The number of amides is 1. The van der Waals surface area contributed by atoms with Crippen molar-refractivity contribution in [3.63, 3.8) is 0 Å². The Bertz CT molecular complexity index is 552. The summed E-state index contributed by atoms with van der Waals surface area (Å²) < 4.78 is 6.20. The summed E-state index contributed by atoms with van der Waals surface area (Å²) >= 11 is 0. The summed E-state index contributed by atoms with van der Waals surface area (Å²) in [5.74, 6) is 1.23. The summed E-state index contributed by atoms with van der Waals surface area (Å²) in [7, 11) is 0. The fraction of sp³-hybridized carbons (Fsp3) is 0.650. The molecule has 0 radical (unpaired) electrons. The zero-order chi connectivity index (χ0) is 16.9. The minimum atomic E-state index is 0.0896. The minimum Gasteiger partial charge on any atom is -0.490 e. The molecule has 0 spiro atoms. The molecule has 1 aliphatic heterocycles. The van der Waals surface area contributed by atoms with Gasteiger partial charge in [-0.05, 0) is 63.5 Å². The topological polar surface area (TPSA) is 55.6 Å². The fourth-order valence-electron chi connectivity index (χ4n) is 3.90. The number of para-hydroxylation sites is 1. The second-order valence-corrected chi connectivity index (χ2v) is 7.39. The lowest BCUT2D eigenvalue weighted by Gasteiger charge is -2.35. The largest absolute Gasteiger partial charge is 0.490 e. The van der Waals surface area contributed by atoms with Crippen LogP contribution in [0.5, 0.6) is 5.75 Å². The predicted octanol–water partition coefficient (Wildman–Crippen LogP) is 3.60. The highest BCUT2D eigenvalue weighted by Crippen LogP contribution is 2.28. The van der Waals surface area contributed by atoms with Crippen molar-refractivity contribution in [2.24, 2.45) is 11.7 Å². The molecule has 4 heteroatoms. The summed E-state index contributed by atoms with van der Waals surface area (Å²) in [5, 5.41) is 0. The van der Waals surface area contributed by atoms with Crippen molar-refractivity contribution >= 4 is 5.91 Å². The van der Waals surface area contributed by atoms with E-state index < -0.39 is 0 Å². The van der Waals surface area contributed by atoms with Gasteiger partial charge in [0.05, 0.1) is 11.7 Å². The summed E-state index contributed by atoms with van der Waals surface area (Å²) in [5.41, 5.74) is 6.76. The Hall–Kier alpha value is -1.55. The van der Waals surface area contributed by atoms with E-state index in [1.165, 1.54) is 19.3 Å². The number of hydrogen-bond acceptors (Lipinski definition) is 3. The summed E-state index contributed by atoms with van der Waals surface area (Å²) in [6.45, 7) is 3.62. The Morgan fingerprint density at radius 3 is 2.67 bits per heavy atom. The van der Waals surface area contributed by atoms with E-state index in [1.54, 1.807) is 0 Å². The van der Waals surface area contributed by atoms with Crippen LogP contribution in [-0.4, -0.2) is 36.0 Å². The second kappa shape index (κ2) is 8.02. The van der Waals surface area contributed by atoms with Gasteiger partial charge in [-0.3, -0.25) is 4.79 Å². The number of nitrogens with zero attached hydrogens (tertiary/aromatic N) is 1. The highest BCUT2D eigenvalue weighted by molar-refractivity contribution is 5.97. The van der Waals surface area contributed by atoms with Crippen LogP contribution in [0, 0.1) is 5.92 Å². The highest BCUT2D eigenvalue weighted by Gasteiger charge is 2.28. The van der Waals surface area contributed by atoms with Crippen molar-refractivity contribution in [2.45, 2.75) is 64.0 Å². The summed E-state index contributed by atoms with van der Waals surface area (Å²) in [4.78, 5) is 15.0. The summed E-state index contributed by atoms with van der Waals surface area (Å²) in [6.07, 6.45) is 8.34. The number of ether oxygens (including phenoxy) is 1. The average molecular weight is 330 g/mol. The van der Waals surface area contributed by atoms with E-state index in [2.05, 4.69) is 0 Å². The van der Waals surface area contributed by atoms with E-state index in [1.807, 2.05) is 36.1 Å². The number of hydrogen-bond donors (Lipinski definition) is 1. The van der Waals surface area contributed by atoms with Crippen molar-refractivity contribution < 1.29 is 9.53 Å². The van der Waals surface area contributed by atoms with Crippen LogP contribution >= 0.6 is 0 Å². The third-order valence-electron chi connectivity index (χ3n) is 5.45. The molecule has 0 unspecified atom stereocenters. The van der Waals surface area contributed by atoms with Gasteiger partial charge >= 0.3 is 0 Å². The van der Waals surface area contributed by atoms with Crippen molar-refractivity contribution in [3.8, 4) is 5.75 Å². The first kappa shape index (κ1) is 17.3. The van der Waals surface area contributed by atoms with Gasteiger partial charge in [0, 0.05) is 19.1 Å². The molecule has 2 aliphatic rings. The normalized spacial score (nSPS) is 23.8. The molecule has 4 nitrogen and oxygen atoms in total. The van der Waals surface area contributed by atoms with Gasteiger partial charge in [-0.2, -0.15) is 0 Å². The second-order valence-electron chi connectivity index (χ2n) is 7.39. The molecule has 1 aromatic carbocycles. The number of carbonyl (C=O) groups excluding carboxylic acids is 1. The predicted molar refractivity (Wildman–Crippen MR) is 96.2 cm³/mol. The summed E-state index contributed by atoms with van der Waals surface area (Å²) in [6, 6.07) is 7.85. The lowest BCUT2D eigenvalue weighted by molar-refractivity contribution is 0.0651. The molecular formula is C20H30N2O2. The van der Waals surface area contributed by atoms with Crippen molar-refractivity contribution in [1.82, 2.24) is 4.90 Å². The Balaban J connectivity index is 1.72. The van der Waals surface area contributed by atoms with Crippen LogP contribution in [-0.2, 0) is 0 Å². The van der Waals surface area contributed by atoms with Gasteiger partial charge in [0.1, 0.15) is 5.75 Å². The quantitative estimate of drug-likeness (QED) is 0.918. The van der Waals surface area contributed by atoms with Crippen LogP contribution in [0.2, 0.25) is 0 Å². The first-order chi connectivity index (χ1) is 11.6. The lowest BCUT2D eigenvalue weighted by atomic mass is 9.92. The van der Waals surface area contributed by atoms with Crippen LogP contribution < -0.4 is 10.5 Å². The molecule has 1 saturated heterocycles. The highest BCUT2D eigenvalue weighted by atomic mass is 16.5. The maximum Gasteiger partial charge on any atom is 0.257 e. The molecule has 2 atom stereocenters. The average Bonchev–Trinajstić information content (AvgIpc) is 2.62. The van der Waals surface area contributed by atoms with Gasteiger partial charge in [0.25, 0.3) is 5.91 Å². The number of likely N-dealkylation sites (tertiary alicyclic amines) is 1. The Morgan fingerprint density at radius 2 is 1.92 bits per heavy atom. The Labute approximate surface area is 145 Å². The van der Waals surface area contributed by atoms with Crippen molar-refractivity contribution in [1.29, 1.82) is 0 Å². The molecule has 132 valence electrons. The van der Waals surface area contributed by atoms with E-state index in [9.17, 15) is 4.79 Å². The lowest BCUT2D eigenvalue weighted by Crippen LogP contribution is -2.45. The maximum atomic E-state index is 13.0. The van der Waals surface area contributed by atoms with Crippen LogP contribution in [0.15, 0.2) is 24.3 Å². The smallest absolute Gasteiger partial charge is 0.257 e. The number of benzene rings is 1. The molecule has 24 heavy (non-hydrogen) atoms. The van der Waals surface area contributed by atoms with E-state index in [4.69, 9.17) is 10.5 Å². The number of carbonyl (C=O) groups is 1. The zero-order valence-corrected chi connectivity index (χ0v) is 14.7. The SMILES string of the molecule is C[C@H](N)[C@H]1CCCN(C(=O)c2ccccc2OC2CCCCC2)C1. The van der Waals surface area contributed by atoms with Crippen molar-refractivity contribution in [2.75, 3.05) is 13.1 Å². The van der Waals surface area contributed by atoms with Crippen LogP contribution in [0.4, 0.5) is 0 Å². The van der Waals surface area contributed by atoms with E-state index in [0.29, 0.717) is 11.5 Å². The van der Waals surface area contributed by atoms with Gasteiger partial charge < -0.3 is 15.4 Å². The molecule has 1 aromatic rings. The Kier molecular flexibility index (Phi) is 5.77. The van der Waals surface area contributed by atoms with Gasteiger partial charge in [0.2, 0.25) is 0 Å². The third kappa shape index (κ3) is 4.10. The molecule has 1 amide bonds. The fourth-order valence-corrected chi connectivity index (χ4v) is 3.90. The first-order valence-corrected chi connectivity index (χ1v) is 9.45. The number of piperidine rings is 1. The van der Waals surface area contributed by atoms with Crippen molar-refractivity contribution in [3.05, 3.63) is 29.8 Å².